The minimum atomic E-state index is -1.73. The number of Topliss-reactive ketones (excluding diaryl/α,β-unsaturated/α-hetero) is 1. The van der Waals surface area contributed by atoms with Gasteiger partial charge >= 0.3 is 0 Å². The number of aliphatic hydroxyl groups is 1. The molecule has 0 radical (unpaired) electrons. The molecule has 43 heavy (non-hydrogen) atoms. The smallest absolute Gasteiger partial charge is 0.235 e. The Morgan fingerprint density at radius 1 is 0.930 bits per heavy atom. The number of unbranched alkanes of at least 4 members (excludes halogenated alkanes) is 1. The molecule has 3 N–H and O–H groups in total. The molecule has 1 aliphatic rings. The predicted molar refractivity (Wildman–Crippen MR) is 174 cm³/mol. The van der Waals surface area contributed by atoms with E-state index >= 15 is 0 Å². The second kappa shape index (κ2) is 13.4. The lowest BCUT2D eigenvalue weighted by Gasteiger charge is -2.45. The third-order valence-electron chi connectivity index (χ3n) is 8.20. The number of halogens is 1. The number of ether oxygens (including phenoxy) is 1. The number of amides is 2. The molecule has 4 atom stereocenters. The lowest BCUT2D eigenvalue weighted by atomic mass is 9.61. The number of carbonyl (C=O) groups excluding carboxylic acids is 3. The van der Waals surface area contributed by atoms with Crippen molar-refractivity contribution in [3.63, 3.8) is 0 Å². The monoisotopic (exact) mass is 648 g/mol. The number of benzene rings is 3. The summed E-state index contributed by atoms with van der Waals surface area (Å²) in [7, 11) is 0. The third-order valence-corrected chi connectivity index (χ3v) is 8.69. The van der Waals surface area contributed by atoms with Crippen molar-refractivity contribution in [1.82, 2.24) is 0 Å². The van der Waals surface area contributed by atoms with Gasteiger partial charge in [-0.3, -0.25) is 14.4 Å². The van der Waals surface area contributed by atoms with E-state index in [1.165, 1.54) is 6.92 Å². The Labute approximate surface area is 262 Å². The van der Waals surface area contributed by atoms with E-state index in [9.17, 15) is 19.5 Å². The first kappa shape index (κ1) is 32.4. The lowest BCUT2D eigenvalue weighted by molar-refractivity contribution is -0.150. The number of hydrogen-bond donors (Lipinski definition) is 3. The maximum absolute atomic E-state index is 14.2. The van der Waals surface area contributed by atoms with Crippen LogP contribution < -0.4 is 15.4 Å². The number of hydrogen-bond acceptors (Lipinski definition) is 5. The van der Waals surface area contributed by atoms with Crippen molar-refractivity contribution in [2.75, 3.05) is 17.2 Å². The van der Waals surface area contributed by atoms with Crippen LogP contribution in [0, 0.1) is 39.5 Å². The molecule has 0 bridgehead atoms. The van der Waals surface area contributed by atoms with Crippen LogP contribution >= 0.6 is 15.9 Å². The largest absolute Gasteiger partial charge is 0.493 e. The van der Waals surface area contributed by atoms with Crippen molar-refractivity contribution in [3.05, 3.63) is 86.9 Å². The van der Waals surface area contributed by atoms with Crippen LogP contribution in [-0.4, -0.2) is 34.9 Å². The average molecular weight is 650 g/mol. The summed E-state index contributed by atoms with van der Waals surface area (Å²) in [5.74, 6) is -4.38. The molecular formula is C35H41BrN2O5. The Bertz CT molecular complexity index is 1530. The van der Waals surface area contributed by atoms with Crippen molar-refractivity contribution in [2.45, 2.75) is 72.3 Å². The van der Waals surface area contributed by atoms with Gasteiger partial charge in [-0.25, -0.2) is 0 Å². The molecule has 4 rings (SSSR count). The molecule has 0 saturated heterocycles. The zero-order valence-corrected chi connectivity index (χ0v) is 27.3. The number of anilines is 2. The van der Waals surface area contributed by atoms with Crippen LogP contribution in [0.4, 0.5) is 11.4 Å². The fourth-order valence-corrected chi connectivity index (χ4v) is 6.41. The van der Waals surface area contributed by atoms with Gasteiger partial charge in [-0.15, -0.1) is 0 Å². The van der Waals surface area contributed by atoms with Gasteiger partial charge in [-0.05, 0) is 82.5 Å². The lowest BCUT2D eigenvalue weighted by Crippen LogP contribution is -2.56. The van der Waals surface area contributed by atoms with E-state index in [4.69, 9.17) is 4.74 Å². The van der Waals surface area contributed by atoms with Gasteiger partial charge in [0.1, 0.15) is 17.5 Å². The molecule has 0 heterocycles. The Hall–Kier alpha value is -3.49. The van der Waals surface area contributed by atoms with Gasteiger partial charge in [0.15, 0.2) is 0 Å². The molecule has 2 amide bonds. The van der Waals surface area contributed by atoms with E-state index in [1.807, 2.05) is 70.2 Å². The molecule has 1 aliphatic carbocycles. The van der Waals surface area contributed by atoms with E-state index in [-0.39, 0.29) is 6.42 Å². The van der Waals surface area contributed by atoms with Crippen LogP contribution in [0.1, 0.15) is 66.8 Å². The van der Waals surface area contributed by atoms with Crippen molar-refractivity contribution < 1.29 is 24.2 Å². The van der Waals surface area contributed by atoms with Crippen molar-refractivity contribution in [2.24, 2.45) is 11.8 Å². The molecule has 0 spiro atoms. The molecule has 3 aromatic rings. The number of ketones is 1. The van der Waals surface area contributed by atoms with Gasteiger partial charge in [0.2, 0.25) is 11.8 Å². The SMILES string of the molecule is CCCCOc1ccc(Br)cc1C1C(C(=O)Nc2ccc(C)cc2C)C(=O)CC(C)(O)C1C(=O)Nc1ccc(C)cc1C. The number of aryl methyl sites for hydroxylation is 4. The second-order valence-corrected chi connectivity index (χ2v) is 12.9. The maximum Gasteiger partial charge on any atom is 0.235 e. The first-order chi connectivity index (χ1) is 20.3. The third kappa shape index (κ3) is 7.36. The van der Waals surface area contributed by atoms with Crippen LogP contribution in [0.25, 0.3) is 0 Å². The van der Waals surface area contributed by atoms with Gasteiger partial charge in [-0.1, -0.05) is 64.7 Å². The summed E-state index contributed by atoms with van der Waals surface area (Å²) in [6, 6.07) is 16.7. The van der Waals surface area contributed by atoms with Crippen LogP contribution in [0.15, 0.2) is 59.1 Å². The molecule has 1 fully saturated rings. The standard InChI is InChI=1S/C35H41BrN2O5/c1-7-8-15-43-29-14-11-24(36)18-25(29)30-31(33(40)37-26-12-9-20(2)16-22(26)4)28(39)19-35(6,42)32(30)34(41)38-27-13-10-21(3)17-23(27)5/h9-14,16-18,30-32,42H,7-8,15,19H2,1-6H3,(H,37,40)(H,38,41). The van der Waals surface area contributed by atoms with E-state index in [1.54, 1.807) is 12.1 Å². The molecule has 0 aliphatic heterocycles. The highest BCUT2D eigenvalue weighted by Gasteiger charge is 2.56. The first-order valence-electron chi connectivity index (χ1n) is 14.8. The Morgan fingerprint density at radius 2 is 1.51 bits per heavy atom. The Balaban J connectivity index is 1.85. The van der Waals surface area contributed by atoms with E-state index in [0.717, 1.165) is 35.1 Å². The molecule has 3 aromatic carbocycles. The van der Waals surface area contributed by atoms with Gasteiger partial charge in [-0.2, -0.15) is 0 Å². The number of nitrogens with one attached hydrogen (secondary N) is 2. The second-order valence-electron chi connectivity index (χ2n) is 12.0. The summed E-state index contributed by atoms with van der Waals surface area (Å²) in [5, 5.41) is 17.7. The fourth-order valence-electron chi connectivity index (χ4n) is 6.03. The van der Waals surface area contributed by atoms with Crippen molar-refractivity contribution in [3.8, 4) is 5.75 Å². The Morgan fingerprint density at radius 3 is 2.07 bits per heavy atom. The predicted octanol–water partition coefficient (Wildman–Crippen LogP) is 7.18. The molecule has 228 valence electrons. The topological polar surface area (TPSA) is 105 Å². The average Bonchev–Trinajstić information content (AvgIpc) is 2.91. The van der Waals surface area contributed by atoms with Crippen molar-refractivity contribution >= 4 is 44.9 Å². The van der Waals surface area contributed by atoms with Gasteiger partial charge in [0, 0.05) is 33.7 Å². The maximum atomic E-state index is 14.2. The van der Waals surface area contributed by atoms with Crippen molar-refractivity contribution in [1.29, 1.82) is 0 Å². The van der Waals surface area contributed by atoms with Gasteiger partial charge < -0.3 is 20.5 Å². The highest BCUT2D eigenvalue weighted by molar-refractivity contribution is 9.10. The Kier molecular flexibility index (Phi) is 10.1. The zero-order chi connectivity index (χ0) is 31.5. The van der Waals surface area contributed by atoms with Crippen LogP contribution in [0.5, 0.6) is 5.75 Å². The van der Waals surface area contributed by atoms with E-state index < -0.39 is 41.0 Å². The minimum absolute atomic E-state index is 0.348. The van der Waals surface area contributed by atoms with Gasteiger partial charge in [0.05, 0.1) is 18.1 Å². The summed E-state index contributed by atoms with van der Waals surface area (Å²) in [6.45, 7) is 11.7. The van der Waals surface area contributed by atoms with Crippen LogP contribution in [0.2, 0.25) is 0 Å². The molecular weight excluding hydrogens is 608 g/mol. The molecule has 0 aromatic heterocycles. The number of carbonyl (C=O) groups is 3. The van der Waals surface area contributed by atoms with Crippen LogP contribution in [-0.2, 0) is 14.4 Å². The molecule has 4 unspecified atom stereocenters. The summed E-state index contributed by atoms with van der Waals surface area (Å²) in [4.78, 5) is 42.1. The number of rotatable bonds is 9. The summed E-state index contributed by atoms with van der Waals surface area (Å²) < 4.78 is 6.87. The van der Waals surface area contributed by atoms with E-state index in [2.05, 4.69) is 33.5 Å². The fraction of sp³-hybridized carbons (Fsp3) is 0.400. The molecule has 8 heteroatoms. The summed E-state index contributed by atoms with van der Waals surface area (Å²) in [6.07, 6.45) is 1.38. The van der Waals surface area contributed by atoms with E-state index in [0.29, 0.717) is 33.8 Å². The quantitative estimate of drug-likeness (QED) is 0.168. The van der Waals surface area contributed by atoms with Crippen LogP contribution in [0.3, 0.4) is 0 Å². The molecule has 1 saturated carbocycles. The minimum Gasteiger partial charge on any atom is -0.493 e. The summed E-state index contributed by atoms with van der Waals surface area (Å²) >= 11 is 3.54. The first-order valence-corrected chi connectivity index (χ1v) is 15.5. The highest BCUT2D eigenvalue weighted by atomic mass is 79.9. The summed E-state index contributed by atoms with van der Waals surface area (Å²) in [5.41, 5.74) is 3.79. The van der Waals surface area contributed by atoms with Gasteiger partial charge in [0.25, 0.3) is 0 Å². The zero-order valence-electron chi connectivity index (χ0n) is 25.7. The highest BCUT2D eigenvalue weighted by Crippen LogP contribution is 2.49. The normalized spacial score (nSPS) is 21.8. The molecule has 7 nitrogen and oxygen atoms in total.